The number of ether oxygens (including phenoxy) is 1. The Kier molecular flexibility index (Phi) is 3.83. The highest BCUT2D eigenvalue weighted by molar-refractivity contribution is 8.02. The molecule has 0 amide bonds. The van der Waals surface area contributed by atoms with Crippen LogP contribution in [0, 0.1) is 0 Å². The third kappa shape index (κ3) is 2.74. The molecule has 27 heavy (non-hydrogen) atoms. The van der Waals surface area contributed by atoms with Gasteiger partial charge in [-0.2, -0.15) is 0 Å². The molecule has 2 heterocycles. The van der Waals surface area contributed by atoms with Crippen LogP contribution in [0.25, 0.3) is 27.9 Å². The van der Waals surface area contributed by atoms with E-state index in [4.69, 9.17) is 4.74 Å². The highest BCUT2D eigenvalue weighted by Crippen LogP contribution is 2.34. The Balaban J connectivity index is 1.55. The summed E-state index contributed by atoms with van der Waals surface area (Å²) in [5.74, 6) is 1.49. The largest absolute Gasteiger partial charge is 0.496 e. The fraction of sp³-hybridized carbons (Fsp3) is 0.0476. The quantitative estimate of drug-likeness (QED) is 0.562. The highest BCUT2D eigenvalue weighted by Gasteiger charge is 2.21. The predicted molar refractivity (Wildman–Crippen MR) is 109 cm³/mol. The van der Waals surface area contributed by atoms with Gasteiger partial charge in [-0.15, -0.1) is 10.2 Å². The van der Waals surface area contributed by atoms with E-state index in [2.05, 4.69) is 63.5 Å². The summed E-state index contributed by atoms with van der Waals surface area (Å²) in [6.45, 7) is 0. The molecule has 0 saturated heterocycles. The van der Waals surface area contributed by atoms with E-state index in [0.717, 1.165) is 33.6 Å². The number of nitrogens with zero attached hydrogens (tertiary/aromatic N) is 3. The van der Waals surface area contributed by atoms with Gasteiger partial charge in [0, 0.05) is 11.0 Å². The van der Waals surface area contributed by atoms with Gasteiger partial charge in [0.05, 0.1) is 18.4 Å². The third-order valence-corrected chi connectivity index (χ3v) is 5.38. The topological polar surface area (TPSA) is 52.0 Å². The first-order chi connectivity index (χ1) is 13.3. The minimum Gasteiger partial charge on any atom is -0.496 e. The van der Waals surface area contributed by atoms with Crippen molar-refractivity contribution >= 4 is 28.2 Å². The fourth-order valence-electron chi connectivity index (χ4n) is 3.20. The van der Waals surface area contributed by atoms with E-state index in [1.807, 2.05) is 28.9 Å². The number of benzene rings is 3. The maximum absolute atomic E-state index is 5.49. The van der Waals surface area contributed by atoms with Gasteiger partial charge in [0.2, 0.25) is 5.16 Å². The molecule has 0 fully saturated rings. The Morgan fingerprint density at radius 1 is 0.926 bits per heavy atom. The molecule has 6 heteroatoms. The van der Waals surface area contributed by atoms with Crippen molar-refractivity contribution < 1.29 is 4.74 Å². The van der Waals surface area contributed by atoms with Crippen LogP contribution in [0.4, 0.5) is 0 Å². The van der Waals surface area contributed by atoms with Crippen LogP contribution in [0.1, 0.15) is 5.56 Å². The Morgan fingerprint density at radius 2 is 1.74 bits per heavy atom. The van der Waals surface area contributed by atoms with Crippen molar-refractivity contribution in [1.29, 1.82) is 0 Å². The summed E-state index contributed by atoms with van der Waals surface area (Å²) in [5.41, 5.74) is 6.47. The summed E-state index contributed by atoms with van der Waals surface area (Å²) in [7, 11) is 1.66. The first-order valence-corrected chi connectivity index (χ1v) is 9.43. The summed E-state index contributed by atoms with van der Waals surface area (Å²) >= 11 is 1.55. The SMILES string of the molecule is COc1ccccc1-c1nnc2n1NC(c1ccc3ccccc3c1)=CS2. The van der Waals surface area contributed by atoms with Gasteiger partial charge in [-0.05, 0) is 29.0 Å². The van der Waals surface area contributed by atoms with Crippen molar-refractivity contribution in [2.24, 2.45) is 0 Å². The molecule has 0 atom stereocenters. The molecule has 1 N–H and O–H groups in total. The lowest BCUT2D eigenvalue weighted by molar-refractivity contribution is 0.416. The zero-order valence-corrected chi connectivity index (χ0v) is 15.4. The van der Waals surface area contributed by atoms with E-state index in [-0.39, 0.29) is 0 Å². The molecule has 0 saturated carbocycles. The molecule has 1 aliphatic rings. The molecular formula is C21H16N4OS. The number of fused-ring (bicyclic) bond motifs is 2. The smallest absolute Gasteiger partial charge is 0.214 e. The molecule has 0 unspecified atom stereocenters. The van der Waals surface area contributed by atoms with Crippen LogP contribution in [0.3, 0.4) is 0 Å². The molecule has 4 aromatic rings. The third-order valence-electron chi connectivity index (χ3n) is 4.56. The van der Waals surface area contributed by atoms with Crippen LogP contribution in [-0.2, 0) is 0 Å². The number of hydrogen-bond donors (Lipinski definition) is 1. The predicted octanol–water partition coefficient (Wildman–Crippen LogP) is 4.75. The molecule has 132 valence electrons. The number of thioether (sulfide) groups is 1. The maximum atomic E-state index is 5.49. The van der Waals surface area contributed by atoms with Crippen molar-refractivity contribution in [3.63, 3.8) is 0 Å². The first-order valence-electron chi connectivity index (χ1n) is 8.55. The first kappa shape index (κ1) is 16.0. The minimum absolute atomic E-state index is 0.723. The summed E-state index contributed by atoms with van der Waals surface area (Å²) in [5, 5.41) is 14.0. The number of nitrogens with one attached hydrogen (secondary N) is 1. The van der Waals surface area contributed by atoms with Gasteiger partial charge < -0.3 is 4.74 Å². The maximum Gasteiger partial charge on any atom is 0.214 e. The molecule has 1 aliphatic heterocycles. The van der Waals surface area contributed by atoms with E-state index in [1.54, 1.807) is 18.9 Å². The van der Waals surface area contributed by atoms with Crippen LogP contribution < -0.4 is 10.2 Å². The van der Waals surface area contributed by atoms with E-state index < -0.39 is 0 Å². The van der Waals surface area contributed by atoms with Crippen LogP contribution in [0.15, 0.2) is 77.3 Å². The van der Waals surface area contributed by atoms with Gasteiger partial charge in [0.25, 0.3) is 0 Å². The molecular weight excluding hydrogens is 356 g/mol. The second kappa shape index (κ2) is 6.48. The molecule has 5 nitrogen and oxygen atoms in total. The van der Waals surface area contributed by atoms with Gasteiger partial charge in [0.15, 0.2) is 5.82 Å². The fourth-order valence-corrected chi connectivity index (χ4v) is 3.94. The zero-order valence-electron chi connectivity index (χ0n) is 14.6. The van der Waals surface area contributed by atoms with Crippen LogP contribution in [-0.4, -0.2) is 22.0 Å². The lowest BCUT2D eigenvalue weighted by atomic mass is 10.1. The Hall–Kier alpha value is -3.25. The average molecular weight is 372 g/mol. The van der Waals surface area contributed by atoms with E-state index in [9.17, 15) is 0 Å². The van der Waals surface area contributed by atoms with Crippen LogP contribution in [0.5, 0.6) is 5.75 Å². The summed E-state index contributed by atoms with van der Waals surface area (Å²) in [6.07, 6.45) is 0. The van der Waals surface area contributed by atoms with Gasteiger partial charge in [-0.1, -0.05) is 60.3 Å². The lowest BCUT2D eigenvalue weighted by Gasteiger charge is -2.20. The molecule has 1 aromatic heterocycles. The standard InChI is InChI=1S/C21H16N4OS/c1-26-19-9-5-4-8-17(19)20-22-23-21-25(20)24-18(13-27-21)16-11-10-14-6-2-3-7-15(14)12-16/h2-13,24H,1H3. The number of hydrogen-bond acceptors (Lipinski definition) is 5. The number of para-hydroxylation sites is 1. The van der Waals surface area contributed by atoms with Crippen molar-refractivity contribution in [2.45, 2.75) is 5.16 Å². The minimum atomic E-state index is 0.723. The second-order valence-electron chi connectivity index (χ2n) is 6.16. The zero-order chi connectivity index (χ0) is 18.2. The molecule has 5 rings (SSSR count). The highest BCUT2D eigenvalue weighted by atomic mass is 32.2. The van der Waals surface area contributed by atoms with Crippen molar-refractivity contribution in [3.8, 4) is 17.1 Å². The van der Waals surface area contributed by atoms with Gasteiger partial charge in [-0.25, -0.2) is 4.68 Å². The average Bonchev–Trinajstić information content (AvgIpc) is 3.16. The van der Waals surface area contributed by atoms with Crippen molar-refractivity contribution in [1.82, 2.24) is 14.9 Å². The monoisotopic (exact) mass is 372 g/mol. The Labute approximate surface area is 160 Å². The molecule has 0 bridgehead atoms. The Bertz CT molecular complexity index is 1180. The molecule has 0 radical (unpaired) electrons. The summed E-state index contributed by atoms with van der Waals surface area (Å²) < 4.78 is 7.40. The lowest BCUT2D eigenvalue weighted by Crippen LogP contribution is -2.18. The van der Waals surface area contributed by atoms with Crippen molar-refractivity contribution in [3.05, 3.63) is 77.7 Å². The molecule has 3 aromatic carbocycles. The number of aromatic nitrogens is 3. The molecule has 0 aliphatic carbocycles. The van der Waals surface area contributed by atoms with E-state index in [1.165, 1.54) is 10.8 Å². The summed E-state index contributed by atoms with van der Waals surface area (Å²) in [4.78, 5) is 0. The van der Waals surface area contributed by atoms with Crippen LogP contribution in [0.2, 0.25) is 0 Å². The number of methoxy groups -OCH3 is 1. The van der Waals surface area contributed by atoms with Gasteiger partial charge in [0.1, 0.15) is 5.75 Å². The molecule has 0 spiro atoms. The Morgan fingerprint density at radius 3 is 2.63 bits per heavy atom. The second-order valence-corrected chi connectivity index (χ2v) is 7.00. The number of rotatable bonds is 3. The van der Waals surface area contributed by atoms with Gasteiger partial charge in [-0.3, -0.25) is 5.43 Å². The summed E-state index contributed by atoms with van der Waals surface area (Å²) in [6, 6.07) is 22.6. The normalized spacial score (nSPS) is 13.0. The van der Waals surface area contributed by atoms with Gasteiger partial charge >= 0.3 is 0 Å². The van der Waals surface area contributed by atoms with Crippen molar-refractivity contribution in [2.75, 3.05) is 12.5 Å². The van der Waals surface area contributed by atoms with E-state index in [0.29, 0.717) is 0 Å². The van der Waals surface area contributed by atoms with E-state index >= 15 is 0 Å². The van der Waals surface area contributed by atoms with Crippen LogP contribution >= 0.6 is 11.8 Å².